The van der Waals surface area contributed by atoms with E-state index in [1.807, 2.05) is 0 Å². The molecule has 7 heteroatoms. The van der Waals surface area contributed by atoms with Crippen LogP contribution in [0.1, 0.15) is 5.56 Å². The SMILES string of the molecule is O=C(Cc1ccc(F)cc1)Nc1ccc(Nc2cc(Cl)ccc2Cl)nc1. The van der Waals surface area contributed by atoms with Crippen LogP contribution >= 0.6 is 23.2 Å². The Morgan fingerprint density at radius 3 is 2.50 bits per heavy atom. The number of rotatable bonds is 5. The number of pyridine rings is 1. The molecule has 0 saturated carbocycles. The van der Waals surface area contributed by atoms with Gasteiger partial charge in [-0.1, -0.05) is 35.3 Å². The normalized spacial score (nSPS) is 10.4. The van der Waals surface area contributed by atoms with Crippen molar-refractivity contribution in [1.82, 2.24) is 4.98 Å². The topological polar surface area (TPSA) is 54.0 Å². The van der Waals surface area contributed by atoms with Crippen molar-refractivity contribution in [3.63, 3.8) is 0 Å². The Bertz CT molecular complexity index is 915. The summed E-state index contributed by atoms with van der Waals surface area (Å²) >= 11 is 12.1. The van der Waals surface area contributed by atoms with E-state index in [9.17, 15) is 9.18 Å². The zero-order chi connectivity index (χ0) is 18.5. The van der Waals surface area contributed by atoms with Gasteiger partial charge in [0.2, 0.25) is 5.91 Å². The van der Waals surface area contributed by atoms with Crippen molar-refractivity contribution in [2.24, 2.45) is 0 Å². The van der Waals surface area contributed by atoms with E-state index in [2.05, 4.69) is 15.6 Å². The van der Waals surface area contributed by atoms with Gasteiger partial charge in [0.25, 0.3) is 0 Å². The monoisotopic (exact) mass is 389 g/mol. The lowest BCUT2D eigenvalue weighted by Gasteiger charge is -2.09. The molecule has 0 fully saturated rings. The number of anilines is 3. The molecule has 132 valence electrons. The van der Waals surface area contributed by atoms with E-state index in [4.69, 9.17) is 23.2 Å². The molecule has 0 atom stereocenters. The predicted octanol–water partition coefficient (Wildman–Crippen LogP) is 5.45. The number of carbonyl (C=O) groups excluding carboxylic acids is 1. The second-order valence-electron chi connectivity index (χ2n) is 5.53. The molecule has 1 amide bonds. The van der Waals surface area contributed by atoms with Crippen LogP contribution < -0.4 is 10.6 Å². The van der Waals surface area contributed by atoms with Gasteiger partial charge < -0.3 is 10.6 Å². The summed E-state index contributed by atoms with van der Waals surface area (Å²) in [5.41, 5.74) is 1.92. The van der Waals surface area contributed by atoms with Crippen LogP contribution in [-0.2, 0) is 11.2 Å². The van der Waals surface area contributed by atoms with Crippen molar-refractivity contribution >= 4 is 46.3 Å². The van der Waals surface area contributed by atoms with Crippen LogP contribution in [0.25, 0.3) is 0 Å². The quantitative estimate of drug-likeness (QED) is 0.609. The van der Waals surface area contributed by atoms with E-state index in [0.717, 1.165) is 5.56 Å². The molecule has 0 bridgehead atoms. The first kappa shape index (κ1) is 18.2. The van der Waals surface area contributed by atoms with Crippen LogP contribution in [0.4, 0.5) is 21.6 Å². The Morgan fingerprint density at radius 2 is 1.81 bits per heavy atom. The first-order valence-electron chi connectivity index (χ1n) is 7.72. The van der Waals surface area contributed by atoms with Crippen molar-refractivity contribution in [2.75, 3.05) is 10.6 Å². The van der Waals surface area contributed by atoms with E-state index < -0.39 is 0 Å². The number of hydrogen-bond acceptors (Lipinski definition) is 3. The summed E-state index contributed by atoms with van der Waals surface area (Å²) in [6, 6.07) is 14.3. The third kappa shape index (κ3) is 4.94. The van der Waals surface area contributed by atoms with Crippen LogP contribution in [0, 0.1) is 5.82 Å². The third-order valence-electron chi connectivity index (χ3n) is 3.52. The third-order valence-corrected chi connectivity index (χ3v) is 4.08. The highest BCUT2D eigenvalue weighted by molar-refractivity contribution is 6.35. The second-order valence-corrected chi connectivity index (χ2v) is 6.38. The Kier molecular flexibility index (Phi) is 5.71. The van der Waals surface area contributed by atoms with E-state index in [1.54, 1.807) is 42.5 Å². The molecule has 0 aliphatic carbocycles. The van der Waals surface area contributed by atoms with Gasteiger partial charge in [0.05, 0.1) is 29.0 Å². The Labute approximate surface area is 160 Å². The predicted molar refractivity (Wildman–Crippen MR) is 103 cm³/mol. The zero-order valence-electron chi connectivity index (χ0n) is 13.5. The Hall–Kier alpha value is -2.63. The van der Waals surface area contributed by atoms with Crippen LogP contribution in [0.3, 0.4) is 0 Å². The molecule has 3 aromatic rings. The van der Waals surface area contributed by atoms with Crippen molar-refractivity contribution in [1.29, 1.82) is 0 Å². The fraction of sp³-hybridized carbons (Fsp3) is 0.0526. The van der Waals surface area contributed by atoms with E-state index in [1.165, 1.54) is 18.3 Å². The lowest BCUT2D eigenvalue weighted by Crippen LogP contribution is -2.14. The molecule has 0 radical (unpaired) electrons. The summed E-state index contributed by atoms with van der Waals surface area (Å²) in [6.07, 6.45) is 1.68. The highest BCUT2D eigenvalue weighted by Gasteiger charge is 2.06. The number of amides is 1. The summed E-state index contributed by atoms with van der Waals surface area (Å²) < 4.78 is 12.9. The van der Waals surface area contributed by atoms with Gasteiger partial charge in [-0.25, -0.2) is 9.37 Å². The summed E-state index contributed by atoms with van der Waals surface area (Å²) in [6.45, 7) is 0. The van der Waals surface area contributed by atoms with Gasteiger partial charge in [0.1, 0.15) is 11.6 Å². The van der Waals surface area contributed by atoms with E-state index >= 15 is 0 Å². The molecule has 0 saturated heterocycles. The van der Waals surface area contributed by atoms with Gasteiger partial charge in [0.15, 0.2) is 0 Å². The molecular weight excluding hydrogens is 376 g/mol. The Balaban J connectivity index is 1.61. The Morgan fingerprint density at radius 1 is 1.04 bits per heavy atom. The number of hydrogen-bond donors (Lipinski definition) is 2. The minimum atomic E-state index is -0.332. The molecule has 0 unspecified atom stereocenters. The minimum absolute atomic E-state index is 0.151. The van der Waals surface area contributed by atoms with Crippen LogP contribution in [-0.4, -0.2) is 10.9 Å². The van der Waals surface area contributed by atoms with Gasteiger partial charge in [-0.2, -0.15) is 0 Å². The number of carbonyl (C=O) groups is 1. The summed E-state index contributed by atoms with van der Waals surface area (Å²) in [4.78, 5) is 16.3. The van der Waals surface area contributed by atoms with Gasteiger partial charge in [0, 0.05) is 5.02 Å². The largest absolute Gasteiger partial charge is 0.339 e. The molecule has 1 aromatic heterocycles. The summed E-state index contributed by atoms with van der Waals surface area (Å²) in [5, 5.41) is 6.89. The van der Waals surface area contributed by atoms with Gasteiger partial charge in [-0.05, 0) is 48.0 Å². The zero-order valence-corrected chi connectivity index (χ0v) is 15.0. The molecule has 0 spiro atoms. The first-order chi connectivity index (χ1) is 12.5. The molecule has 0 aliphatic heterocycles. The van der Waals surface area contributed by atoms with E-state index in [-0.39, 0.29) is 18.1 Å². The molecule has 26 heavy (non-hydrogen) atoms. The molecule has 2 N–H and O–H groups in total. The van der Waals surface area contributed by atoms with Crippen molar-refractivity contribution in [2.45, 2.75) is 6.42 Å². The number of halogens is 3. The molecule has 1 heterocycles. The standard InChI is InChI=1S/C19H14Cl2FN3O/c20-13-3-7-16(21)17(10-13)25-18-8-6-15(11-23-18)24-19(26)9-12-1-4-14(22)5-2-12/h1-8,10-11H,9H2,(H,23,25)(H,24,26). The van der Waals surface area contributed by atoms with E-state index in [0.29, 0.717) is 27.2 Å². The van der Waals surface area contributed by atoms with Crippen LogP contribution in [0.5, 0.6) is 0 Å². The fourth-order valence-corrected chi connectivity index (χ4v) is 2.60. The van der Waals surface area contributed by atoms with Gasteiger partial charge in [-0.3, -0.25) is 4.79 Å². The minimum Gasteiger partial charge on any atom is -0.339 e. The van der Waals surface area contributed by atoms with Crippen molar-refractivity contribution in [3.8, 4) is 0 Å². The lowest BCUT2D eigenvalue weighted by atomic mass is 10.1. The molecule has 3 rings (SSSR count). The number of nitrogens with one attached hydrogen (secondary N) is 2. The number of aromatic nitrogens is 1. The van der Waals surface area contributed by atoms with Crippen molar-refractivity contribution in [3.05, 3.63) is 82.2 Å². The molecular formula is C19H14Cl2FN3O. The maximum Gasteiger partial charge on any atom is 0.228 e. The molecule has 0 aliphatic rings. The number of benzene rings is 2. The smallest absolute Gasteiger partial charge is 0.228 e. The maximum atomic E-state index is 12.9. The molecule has 4 nitrogen and oxygen atoms in total. The summed E-state index contributed by atoms with van der Waals surface area (Å²) in [7, 11) is 0. The van der Waals surface area contributed by atoms with Crippen LogP contribution in [0.15, 0.2) is 60.8 Å². The van der Waals surface area contributed by atoms with Gasteiger partial charge in [-0.15, -0.1) is 0 Å². The van der Waals surface area contributed by atoms with Crippen LogP contribution in [0.2, 0.25) is 10.0 Å². The lowest BCUT2D eigenvalue weighted by molar-refractivity contribution is -0.115. The maximum absolute atomic E-state index is 12.9. The van der Waals surface area contributed by atoms with Crippen molar-refractivity contribution < 1.29 is 9.18 Å². The fourth-order valence-electron chi connectivity index (χ4n) is 2.27. The average Bonchev–Trinajstić information content (AvgIpc) is 2.62. The van der Waals surface area contributed by atoms with Gasteiger partial charge >= 0.3 is 0 Å². The molecule has 2 aromatic carbocycles. The highest BCUT2D eigenvalue weighted by atomic mass is 35.5. The first-order valence-corrected chi connectivity index (χ1v) is 8.47. The number of nitrogens with zero attached hydrogens (tertiary/aromatic N) is 1. The highest BCUT2D eigenvalue weighted by Crippen LogP contribution is 2.28. The average molecular weight is 390 g/mol. The second kappa shape index (κ2) is 8.17. The summed E-state index contributed by atoms with van der Waals surface area (Å²) in [5.74, 6) is 0.0176.